The number of rotatable bonds is 9. The van der Waals surface area contributed by atoms with Crippen LogP contribution in [0.1, 0.15) is 35.3 Å². The molecule has 44 heavy (non-hydrogen) atoms. The molecule has 0 fully saturated rings. The van der Waals surface area contributed by atoms with Crippen molar-refractivity contribution in [2.24, 2.45) is 0 Å². The van der Waals surface area contributed by atoms with Crippen LogP contribution in [0.5, 0.6) is 0 Å². The van der Waals surface area contributed by atoms with Crippen molar-refractivity contribution in [2.75, 3.05) is 38.5 Å². The lowest BCUT2D eigenvalue weighted by Crippen LogP contribution is -2.36. The largest absolute Gasteiger partial charge is 0.340 e. The monoisotopic (exact) mass is 588 g/mol. The minimum Gasteiger partial charge on any atom is -0.340 e. The highest BCUT2D eigenvalue weighted by atomic mass is 16.2. The molecule has 0 spiro atoms. The summed E-state index contributed by atoms with van der Waals surface area (Å²) in [6.07, 6.45) is 1.56. The van der Waals surface area contributed by atoms with E-state index in [-0.39, 0.29) is 11.5 Å². The number of carbonyl (C=O) groups excluding carboxylic acids is 1. The van der Waals surface area contributed by atoms with Gasteiger partial charge in [-0.3, -0.25) is 14.0 Å². The fourth-order valence-corrected chi connectivity index (χ4v) is 5.71. The van der Waals surface area contributed by atoms with E-state index in [1.54, 1.807) is 27.8 Å². The number of fused-ring (bicyclic) bond motifs is 5. The van der Waals surface area contributed by atoms with Crippen molar-refractivity contribution in [3.8, 4) is 5.69 Å². The first-order valence-electron chi connectivity index (χ1n) is 14.9. The molecule has 0 unspecified atom stereocenters. The number of benzene rings is 3. The number of aryl methyl sites for hydroxylation is 2. The number of aromatic nitrogens is 5. The second kappa shape index (κ2) is 11.9. The second-order valence-electron chi connectivity index (χ2n) is 11.0. The van der Waals surface area contributed by atoms with Crippen LogP contribution in [-0.4, -0.2) is 72.9 Å². The summed E-state index contributed by atoms with van der Waals surface area (Å²) in [5.74, 6) is 0.727. The van der Waals surface area contributed by atoms with Gasteiger partial charge in [0.15, 0.2) is 5.65 Å². The van der Waals surface area contributed by atoms with E-state index >= 15 is 0 Å². The molecule has 3 aromatic carbocycles. The summed E-state index contributed by atoms with van der Waals surface area (Å²) in [5, 5.41) is 3.61. The zero-order valence-electron chi connectivity index (χ0n) is 25.7. The highest BCUT2D eigenvalue weighted by Crippen LogP contribution is 2.26. The number of nitrogens with zero attached hydrogens (tertiary/aromatic N) is 7. The summed E-state index contributed by atoms with van der Waals surface area (Å²) < 4.78 is 3.57. The van der Waals surface area contributed by atoms with E-state index in [0.29, 0.717) is 40.6 Å². The van der Waals surface area contributed by atoms with Crippen molar-refractivity contribution in [2.45, 2.75) is 27.7 Å². The van der Waals surface area contributed by atoms with Gasteiger partial charge >= 0.3 is 0 Å². The standard InChI is InChI=1S/C34H36N8O2/c1-6-40(7-2)19-18-39(5)31(43)24-14-11-15-25(20-24)36-33-35-21-26-30(38-33)41-28-17-9-8-16-27(28)37-34(41)42(32(26)44)29-22(3)12-10-13-23(29)4/h8-17,20-21H,6-7,18-19H2,1-5H3,(H,35,36,38). The van der Waals surface area contributed by atoms with Crippen molar-refractivity contribution in [3.05, 3.63) is 100.0 Å². The van der Waals surface area contributed by atoms with Crippen LogP contribution in [0.15, 0.2) is 77.7 Å². The van der Waals surface area contributed by atoms with Crippen molar-refractivity contribution >= 4 is 45.4 Å². The van der Waals surface area contributed by atoms with Gasteiger partial charge in [0.2, 0.25) is 11.7 Å². The molecule has 0 saturated heterocycles. The Kier molecular flexibility index (Phi) is 7.84. The summed E-state index contributed by atoms with van der Waals surface area (Å²) >= 11 is 0. The Balaban J connectivity index is 1.41. The van der Waals surface area contributed by atoms with E-state index in [9.17, 15) is 9.59 Å². The van der Waals surface area contributed by atoms with E-state index < -0.39 is 0 Å². The Morgan fingerprint density at radius 3 is 2.39 bits per heavy atom. The molecule has 0 radical (unpaired) electrons. The molecule has 10 heteroatoms. The smallest absolute Gasteiger partial charge is 0.270 e. The maximum absolute atomic E-state index is 14.1. The first kappa shape index (κ1) is 29.0. The van der Waals surface area contributed by atoms with Crippen LogP contribution in [-0.2, 0) is 0 Å². The van der Waals surface area contributed by atoms with Crippen LogP contribution >= 0.6 is 0 Å². The van der Waals surface area contributed by atoms with Crippen LogP contribution in [0.3, 0.4) is 0 Å². The molecule has 0 atom stereocenters. The van der Waals surface area contributed by atoms with E-state index in [1.807, 2.05) is 79.9 Å². The number of anilines is 2. The van der Waals surface area contributed by atoms with Gasteiger partial charge in [0.05, 0.1) is 16.7 Å². The predicted molar refractivity (Wildman–Crippen MR) is 175 cm³/mol. The van der Waals surface area contributed by atoms with Crippen LogP contribution in [0.25, 0.3) is 33.5 Å². The lowest BCUT2D eigenvalue weighted by Gasteiger charge is -2.23. The number of likely N-dealkylation sites (N-methyl/N-ethyl adjacent to an activating group) is 2. The third kappa shape index (κ3) is 5.17. The lowest BCUT2D eigenvalue weighted by molar-refractivity contribution is 0.0780. The van der Waals surface area contributed by atoms with E-state index in [2.05, 4.69) is 29.0 Å². The lowest BCUT2D eigenvalue weighted by atomic mass is 10.1. The zero-order chi connectivity index (χ0) is 31.0. The average molecular weight is 589 g/mol. The molecule has 1 N–H and O–H groups in total. The van der Waals surface area contributed by atoms with Gasteiger partial charge in [-0.15, -0.1) is 0 Å². The molecule has 1 amide bonds. The molecule has 0 saturated carbocycles. The molecule has 6 aromatic rings. The normalized spacial score (nSPS) is 11.6. The third-order valence-corrected chi connectivity index (χ3v) is 8.18. The van der Waals surface area contributed by atoms with E-state index in [0.717, 1.165) is 47.5 Å². The quantitative estimate of drug-likeness (QED) is 0.243. The van der Waals surface area contributed by atoms with Crippen molar-refractivity contribution in [1.29, 1.82) is 0 Å². The first-order valence-corrected chi connectivity index (χ1v) is 14.9. The van der Waals surface area contributed by atoms with Crippen LogP contribution in [0.2, 0.25) is 0 Å². The maximum atomic E-state index is 14.1. The molecule has 0 aliphatic heterocycles. The Morgan fingerprint density at radius 1 is 0.909 bits per heavy atom. The Bertz CT molecular complexity index is 2060. The van der Waals surface area contributed by atoms with Crippen LogP contribution in [0.4, 0.5) is 11.6 Å². The van der Waals surface area contributed by atoms with Gasteiger partial charge in [-0.1, -0.05) is 50.2 Å². The Labute approximate surface area is 255 Å². The Morgan fingerprint density at radius 2 is 1.64 bits per heavy atom. The molecule has 6 rings (SSSR count). The topological polar surface area (TPSA) is 101 Å². The SMILES string of the molecule is CCN(CC)CCN(C)C(=O)c1cccc(Nc2ncc3c(=O)n(-c4c(C)cccc4C)c4nc5ccccc5n4c3n2)c1. The van der Waals surface area contributed by atoms with E-state index in [1.165, 1.54) is 0 Å². The Hall–Kier alpha value is -5.09. The summed E-state index contributed by atoms with van der Waals surface area (Å²) in [6.45, 7) is 11.6. The molecule has 0 aliphatic rings. The number of nitrogens with one attached hydrogen (secondary N) is 1. The summed E-state index contributed by atoms with van der Waals surface area (Å²) in [6, 6.07) is 21.0. The van der Waals surface area contributed by atoms with E-state index in [4.69, 9.17) is 9.97 Å². The molecule has 10 nitrogen and oxygen atoms in total. The molecule has 3 aromatic heterocycles. The zero-order valence-corrected chi connectivity index (χ0v) is 25.7. The van der Waals surface area contributed by atoms with Gasteiger partial charge in [-0.25, -0.2) is 14.5 Å². The van der Waals surface area contributed by atoms with Gasteiger partial charge in [0.1, 0.15) is 5.39 Å². The minimum absolute atomic E-state index is 0.0566. The van der Waals surface area contributed by atoms with Crippen molar-refractivity contribution in [1.82, 2.24) is 33.7 Å². The summed E-state index contributed by atoms with van der Waals surface area (Å²) in [7, 11) is 1.82. The van der Waals surface area contributed by atoms with Gasteiger partial charge in [-0.2, -0.15) is 4.98 Å². The number of imidazole rings is 1. The van der Waals surface area contributed by atoms with Gasteiger partial charge < -0.3 is 15.1 Å². The van der Waals surface area contributed by atoms with Gasteiger partial charge in [-0.05, 0) is 68.4 Å². The van der Waals surface area contributed by atoms with Crippen LogP contribution in [0, 0.1) is 13.8 Å². The van der Waals surface area contributed by atoms with Crippen molar-refractivity contribution in [3.63, 3.8) is 0 Å². The number of amides is 1. The second-order valence-corrected chi connectivity index (χ2v) is 11.0. The third-order valence-electron chi connectivity index (χ3n) is 8.18. The molecular formula is C34H36N8O2. The fourth-order valence-electron chi connectivity index (χ4n) is 5.71. The minimum atomic E-state index is -0.243. The highest BCUT2D eigenvalue weighted by molar-refractivity contribution is 5.95. The predicted octanol–water partition coefficient (Wildman–Crippen LogP) is 5.36. The van der Waals surface area contributed by atoms with Crippen LogP contribution < -0.4 is 10.9 Å². The number of hydrogen-bond acceptors (Lipinski definition) is 7. The molecule has 0 aliphatic carbocycles. The number of para-hydroxylation sites is 3. The highest BCUT2D eigenvalue weighted by Gasteiger charge is 2.21. The molecule has 3 heterocycles. The fraction of sp³-hybridized carbons (Fsp3) is 0.265. The average Bonchev–Trinajstić information content (AvgIpc) is 3.42. The molecular weight excluding hydrogens is 552 g/mol. The molecule has 0 bridgehead atoms. The number of hydrogen-bond donors (Lipinski definition) is 1. The summed E-state index contributed by atoms with van der Waals surface area (Å²) in [5.41, 5.74) is 5.75. The maximum Gasteiger partial charge on any atom is 0.270 e. The number of carbonyl (C=O) groups is 1. The van der Waals surface area contributed by atoms with Crippen molar-refractivity contribution < 1.29 is 4.79 Å². The molecule has 224 valence electrons. The van der Waals surface area contributed by atoms with Gasteiger partial charge in [0.25, 0.3) is 11.5 Å². The van der Waals surface area contributed by atoms with Gasteiger partial charge in [0, 0.05) is 37.6 Å². The first-order chi connectivity index (χ1) is 21.3. The summed E-state index contributed by atoms with van der Waals surface area (Å²) in [4.78, 5) is 45.5.